The summed E-state index contributed by atoms with van der Waals surface area (Å²) in [4.78, 5) is 32.1. The van der Waals surface area contributed by atoms with E-state index in [1.807, 2.05) is 30.3 Å². The number of nitrogens with zero attached hydrogens (tertiary/aromatic N) is 2. The lowest BCUT2D eigenvalue weighted by Gasteiger charge is -2.31. The second-order valence-electron chi connectivity index (χ2n) is 8.36. The molecular formula is C26H26Cl2N4O2. The van der Waals surface area contributed by atoms with E-state index in [4.69, 9.17) is 23.2 Å². The van der Waals surface area contributed by atoms with Gasteiger partial charge in [0.15, 0.2) is 0 Å². The van der Waals surface area contributed by atoms with Crippen molar-refractivity contribution in [2.24, 2.45) is 5.92 Å². The Kier molecular flexibility index (Phi) is 8.16. The summed E-state index contributed by atoms with van der Waals surface area (Å²) >= 11 is 12.3. The highest BCUT2D eigenvalue weighted by Gasteiger charge is 2.26. The largest absolute Gasteiger partial charge is 0.348 e. The van der Waals surface area contributed by atoms with Crippen molar-refractivity contribution in [2.45, 2.75) is 25.9 Å². The number of anilines is 1. The van der Waals surface area contributed by atoms with Crippen molar-refractivity contribution in [3.8, 4) is 0 Å². The van der Waals surface area contributed by atoms with Crippen molar-refractivity contribution in [2.75, 3.05) is 18.4 Å². The molecule has 2 amide bonds. The maximum atomic E-state index is 13.0. The molecule has 176 valence electrons. The Bertz CT molecular complexity index is 1150. The third kappa shape index (κ3) is 6.35. The Hall–Kier alpha value is -2.93. The standard InChI is InChI=1S/C26H26Cl2N4O2/c27-21-8-7-20(23(28)14-21)17-32-12-9-19(10-13-32)25(33)31-24-6-2-1-5-22(24)26(34)30-16-18-4-3-11-29-15-18/h1-8,11,14-15,19H,9-10,12-13,16-17H2,(H,30,34)(H,31,33). The molecule has 2 aromatic carbocycles. The van der Waals surface area contributed by atoms with Gasteiger partial charge in [0.25, 0.3) is 5.91 Å². The first-order chi connectivity index (χ1) is 16.5. The molecule has 1 aromatic heterocycles. The highest BCUT2D eigenvalue weighted by molar-refractivity contribution is 6.35. The van der Waals surface area contributed by atoms with Crippen LogP contribution in [0.1, 0.15) is 34.3 Å². The van der Waals surface area contributed by atoms with Crippen LogP contribution in [0.2, 0.25) is 10.0 Å². The molecule has 0 atom stereocenters. The maximum absolute atomic E-state index is 13.0. The van der Waals surface area contributed by atoms with Crippen LogP contribution in [0.15, 0.2) is 67.0 Å². The van der Waals surface area contributed by atoms with Gasteiger partial charge in [-0.25, -0.2) is 0 Å². The highest BCUT2D eigenvalue weighted by Crippen LogP contribution is 2.26. The number of likely N-dealkylation sites (tertiary alicyclic amines) is 1. The number of aromatic nitrogens is 1. The third-order valence-corrected chi connectivity index (χ3v) is 6.56. The molecule has 1 fully saturated rings. The minimum atomic E-state index is -0.241. The molecule has 1 aliphatic heterocycles. The summed E-state index contributed by atoms with van der Waals surface area (Å²) in [5.74, 6) is -0.408. The molecule has 0 aliphatic carbocycles. The fraction of sp³-hybridized carbons (Fsp3) is 0.269. The van der Waals surface area contributed by atoms with E-state index in [9.17, 15) is 9.59 Å². The fourth-order valence-corrected chi connectivity index (χ4v) is 4.52. The van der Waals surface area contributed by atoms with Crippen LogP contribution in [-0.4, -0.2) is 34.8 Å². The monoisotopic (exact) mass is 496 g/mol. The van der Waals surface area contributed by atoms with E-state index in [1.165, 1.54) is 0 Å². The van der Waals surface area contributed by atoms with Gasteiger partial charge in [0.1, 0.15) is 0 Å². The number of carbonyl (C=O) groups is 2. The van der Waals surface area contributed by atoms with Gasteiger partial charge < -0.3 is 10.6 Å². The van der Waals surface area contributed by atoms with E-state index in [-0.39, 0.29) is 17.7 Å². The smallest absolute Gasteiger partial charge is 0.253 e. The van der Waals surface area contributed by atoms with E-state index in [2.05, 4.69) is 20.5 Å². The van der Waals surface area contributed by atoms with Crippen LogP contribution >= 0.6 is 23.2 Å². The molecule has 2 heterocycles. The normalized spacial score (nSPS) is 14.5. The Morgan fingerprint density at radius 1 is 1.03 bits per heavy atom. The number of amides is 2. The first-order valence-corrected chi connectivity index (χ1v) is 12.0. The zero-order valence-electron chi connectivity index (χ0n) is 18.6. The SMILES string of the molecule is O=C(NCc1cccnc1)c1ccccc1NC(=O)C1CCN(Cc2ccc(Cl)cc2Cl)CC1. The van der Waals surface area contributed by atoms with Crippen molar-refractivity contribution in [1.82, 2.24) is 15.2 Å². The van der Waals surface area contributed by atoms with E-state index >= 15 is 0 Å². The van der Waals surface area contributed by atoms with Gasteiger partial charge >= 0.3 is 0 Å². The zero-order chi connectivity index (χ0) is 23.9. The number of hydrogen-bond acceptors (Lipinski definition) is 4. The second kappa shape index (κ2) is 11.5. The maximum Gasteiger partial charge on any atom is 0.253 e. The van der Waals surface area contributed by atoms with Gasteiger partial charge in [0.05, 0.1) is 11.3 Å². The lowest BCUT2D eigenvalue weighted by molar-refractivity contribution is -0.121. The number of para-hydroxylation sites is 1. The molecule has 3 aromatic rings. The summed E-state index contributed by atoms with van der Waals surface area (Å²) in [7, 11) is 0. The molecule has 1 saturated heterocycles. The van der Waals surface area contributed by atoms with E-state index in [0.29, 0.717) is 27.8 Å². The number of nitrogens with one attached hydrogen (secondary N) is 2. The average Bonchev–Trinajstić information content (AvgIpc) is 2.85. The summed E-state index contributed by atoms with van der Waals surface area (Å²) in [6.45, 7) is 2.68. The molecule has 0 radical (unpaired) electrons. The zero-order valence-corrected chi connectivity index (χ0v) is 20.1. The minimum absolute atomic E-state index is 0.0586. The number of halogens is 2. The van der Waals surface area contributed by atoms with Crippen LogP contribution in [0.25, 0.3) is 0 Å². The molecule has 8 heteroatoms. The summed E-state index contributed by atoms with van der Waals surface area (Å²) in [6.07, 6.45) is 4.88. The molecule has 4 rings (SSSR count). The van der Waals surface area contributed by atoms with Gasteiger partial charge in [0, 0.05) is 41.4 Å². The van der Waals surface area contributed by atoms with Gasteiger partial charge in [-0.3, -0.25) is 19.5 Å². The van der Waals surface area contributed by atoms with Crippen LogP contribution in [0, 0.1) is 5.92 Å². The summed E-state index contributed by atoms with van der Waals surface area (Å²) in [5.41, 5.74) is 2.89. The van der Waals surface area contributed by atoms with Crippen molar-refractivity contribution in [3.63, 3.8) is 0 Å². The van der Waals surface area contributed by atoms with Crippen LogP contribution < -0.4 is 10.6 Å². The average molecular weight is 497 g/mol. The molecule has 34 heavy (non-hydrogen) atoms. The first-order valence-electron chi connectivity index (χ1n) is 11.2. The molecule has 0 bridgehead atoms. The molecule has 2 N–H and O–H groups in total. The van der Waals surface area contributed by atoms with Crippen LogP contribution in [0.3, 0.4) is 0 Å². The van der Waals surface area contributed by atoms with Crippen LogP contribution in [-0.2, 0) is 17.9 Å². The highest BCUT2D eigenvalue weighted by atomic mass is 35.5. The molecular weight excluding hydrogens is 471 g/mol. The molecule has 0 saturated carbocycles. The number of hydrogen-bond donors (Lipinski definition) is 2. The third-order valence-electron chi connectivity index (χ3n) is 5.97. The Morgan fingerprint density at radius 3 is 2.56 bits per heavy atom. The Balaban J connectivity index is 1.31. The van der Waals surface area contributed by atoms with E-state index < -0.39 is 0 Å². The van der Waals surface area contributed by atoms with Crippen LogP contribution in [0.4, 0.5) is 5.69 Å². The predicted octanol–water partition coefficient (Wildman–Crippen LogP) is 5.17. The van der Waals surface area contributed by atoms with Gasteiger partial charge in [-0.2, -0.15) is 0 Å². The predicted molar refractivity (Wildman–Crippen MR) is 135 cm³/mol. The van der Waals surface area contributed by atoms with Crippen molar-refractivity contribution >= 4 is 40.7 Å². The summed E-state index contributed by atoms with van der Waals surface area (Å²) < 4.78 is 0. The molecule has 0 spiro atoms. The van der Waals surface area contributed by atoms with Crippen molar-refractivity contribution in [1.29, 1.82) is 0 Å². The lowest BCUT2D eigenvalue weighted by Crippen LogP contribution is -2.38. The Morgan fingerprint density at radius 2 is 1.82 bits per heavy atom. The van der Waals surface area contributed by atoms with Gasteiger partial charge in [-0.05, 0) is 67.4 Å². The van der Waals surface area contributed by atoms with Crippen LogP contribution in [0.5, 0.6) is 0 Å². The quantitative estimate of drug-likeness (QED) is 0.473. The van der Waals surface area contributed by atoms with Gasteiger partial charge in [-0.15, -0.1) is 0 Å². The first kappa shape index (κ1) is 24.2. The lowest BCUT2D eigenvalue weighted by atomic mass is 9.95. The van der Waals surface area contributed by atoms with Gasteiger partial charge in [-0.1, -0.05) is 47.5 Å². The Labute approximate surface area is 209 Å². The number of piperidine rings is 1. The molecule has 0 unspecified atom stereocenters. The second-order valence-corrected chi connectivity index (χ2v) is 9.21. The fourth-order valence-electron chi connectivity index (χ4n) is 4.05. The topological polar surface area (TPSA) is 74.3 Å². The van der Waals surface area contributed by atoms with Crippen molar-refractivity contribution in [3.05, 3.63) is 93.7 Å². The number of benzene rings is 2. The van der Waals surface area contributed by atoms with Crippen molar-refractivity contribution < 1.29 is 9.59 Å². The molecule has 1 aliphatic rings. The van der Waals surface area contributed by atoms with E-state index in [0.717, 1.165) is 43.6 Å². The molecule has 6 nitrogen and oxygen atoms in total. The summed E-state index contributed by atoms with van der Waals surface area (Å²) in [5, 5.41) is 7.14. The number of rotatable bonds is 7. The number of carbonyl (C=O) groups excluding carboxylic acids is 2. The minimum Gasteiger partial charge on any atom is -0.348 e. The van der Waals surface area contributed by atoms with Gasteiger partial charge in [0.2, 0.25) is 5.91 Å². The van der Waals surface area contributed by atoms with E-state index in [1.54, 1.807) is 36.7 Å². The number of pyridine rings is 1. The summed E-state index contributed by atoms with van der Waals surface area (Å²) in [6, 6.07) is 16.3.